The molecule has 4 rings (SSSR count). The predicted octanol–water partition coefficient (Wildman–Crippen LogP) is 5.40. The van der Waals surface area contributed by atoms with Crippen molar-refractivity contribution in [3.8, 4) is 11.3 Å². The Labute approximate surface area is 211 Å². The second kappa shape index (κ2) is 11.2. The first-order chi connectivity index (χ1) is 16.9. The number of hydrogen-bond donors (Lipinski definition) is 1. The first-order valence-electron chi connectivity index (χ1n) is 12.1. The Balaban J connectivity index is 1.49. The lowest BCUT2D eigenvalue weighted by atomic mass is 9.69. The Hall–Kier alpha value is -2.96. The van der Waals surface area contributed by atoms with Crippen LogP contribution in [0.15, 0.2) is 65.5 Å². The van der Waals surface area contributed by atoms with E-state index >= 15 is 0 Å². The molecule has 1 amide bonds. The van der Waals surface area contributed by atoms with Crippen molar-refractivity contribution < 1.29 is 9.53 Å². The summed E-state index contributed by atoms with van der Waals surface area (Å²) in [5.41, 5.74) is 3.24. The molecule has 0 saturated heterocycles. The zero-order valence-electron chi connectivity index (χ0n) is 20.3. The van der Waals surface area contributed by atoms with E-state index in [1.807, 2.05) is 36.4 Å². The average molecular weight is 494 g/mol. The van der Waals surface area contributed by atoms with Gasteiger partial charge in [0.25, 0.3) is 11.5 Å². The van der Waals surface area contributed by atoms with Crippen molar-refractivity contribution in [2.45, 2.75) is 50.5 Å². The Morgan fingerprint density at radius 1 is 1.14 bits per heavy atom. The number of nitrogens with zero attached hydrogens (tertiary/aromatic N) is 2. The molecule has 1 aliphatic rings. The fourth-order valence-corrected chi connectivity index (χ4v) is 5.01. The van der Waals surface area contributed by atoms with E-state index in [0.29, 0.717) is 24.4 Å². The van der Waals surface area contributed by atoms with Gasteiger partial charge in [-0.2, -0.15) is 5.10 Å². The number of hydrogen-bond acceptors (Lipinski definition) is 4. The molecule has 0 unspecified atom stereocenters. The van der Waals surface area contributed by atoms with E-state index in [1.165, 1.54) is 5.56 Å². The number of amides is 1. The van der Waals surface area contributed by atoms with E-state index in [4.69, 9.17) is 21.4 Å². The summed E-state index contributed by atoms with van der Waals surface area (Å²) >= 11 is 6.23. The van der Waals surface area contributed by atoms with E-state index in [-0.39, 0.29) is 22.9 Å². The van der Waals surface area contributed by atoms with E-state index < -0.39 is 0 Å². The summed E-state index contributed by atoms with van der Waals surface area (Å²) in [5.74, 6) is -0.135. The Morgan fingerprint density at radius 3 is 2.66 bits per heavy atom. The standard InChI is InChI=1S/C28H32ClN3O3/c1-28(22-8-4-9-23(29)19-22)14-12-24(13-15-28)32-26(33)11-10-25(31-32)20-6-3-7-21(18-20)27(34)30-16-5-17-35-2/h3-4,6-11,18-19,24H,5,12-17H2,1-2H3,(H,30,34)/t24-,28-. The molecule has 6 nitrogen and oxygen atoms in total. The van der Waals surface area contributed by atoms with Crippen LogP contribution in [0.1, 0.15) is 61.0 Å². The summed E-state index contributed by atoms with van der Waals surface area (Å²) < 4.78 is 6.65. The molecular weight excluding hydrogens is 462 g/mol. The lowest BCUT2D eigenvalue weighted by molar-refractivity contribution is 0.0948. The first-order valence-corrected chi connectivity index (χ1v) is 12.5. The van der Waals surface area contributed by atoms with Gasteiger partial charge in [-0.25, -0.2) is 4.68 Å². The molecule has 1 aromatic heterocycles. The van der Waals surface area contributed by atoms with Crippen LogP contribution in [0.4, 0.5) is 0 Å². The van der Waals surface area contributed by atoms with Crippen LogP contribution in [0.25, 0.3) is 11.3 Å². The molecule has 7 heteroatoms. The summed E-state index contributed by atoms with van der Waals surface area (Å²) in [5, 5.41) is 8.38. The maximum absolute atomic E-state index is 12.7. The van der Waals surface area contributed by atoms with Gasteiger partial charge in [-0.15, -0.1) is 0 Å². The SMILES string of the molecule is COCCCNC(=O)c1cccc(-c2ccc(=O)n([C@H]3CC[C@](C)(c4cccc(Cl)c4)CC3)n2)c1. The van der Waals surface area contributed by atoms with Crippen molar-refractivity contribution in [1.29, 1.82) is 0 Å². The van der Waals surface area contributed by atoms with Gasteiger partial charge in [-0.1, -0.05) is 42.8 Å². The van der Waals surface area contributed by atoms with Gasteiger partial charge in [0, 0.05) is 42.5 Å². The molecule has 0 atom stereocenters. The molecule has 0 radical (unpaired) electrons. The van der Waals surface area contributed by atoms with Crippen LogP contribution in [0.3, 0.4) is 0 Å². The fraction of sp³-hybridized carbons (Fsp3) is 0.393. The number of nitrogens with one attached hydrogen (secondary N) is 1. The summed E-state index contributed by atoms with van der Waals surface area (Å²) in [6.45, 7) is 3.42. The zero-order chi connectivity index (χ0) is 24.8. The van der Waals surface area contributed by atoms with Crippen molar-refractivity contribution in [2.75, 3.05) is 20.3 Å². The molecule has 0 spiro atoms. The predicted molar refractivity (Wildman–Crippen MR) is 139 cm³/mol. The van der Waals surface area contributed by atoms with Gasteiger partial charge in [0.1, 0.15) is 0 Å². The van der Waals surface area contributed by atoms with Crippen molar-refractivity contribution in [3.05, 3.63) is 87.2 Å². The number of halogens is 1. The quantitative estimate of drug-likeness (QED) is 0.426. The second-order valence-electron chi connectivity index (χ2n) is 9.49. The topological polar surface area (TPSA) is 73.2 Å². The average Bonchev–Trinajstić information content (AvgIpc) is 2.87. The van der Waals surface area contributed by atoms with E-state index in [0.717, 1.165) is 42.7 Å². The Morgan fingerprint density at radius 2 is 1.91 bits per heavy atom. The normalized spacial score (nSPS) is 19.9. The summed E-state index contributed by atoms with van der Waals surface area (Å²) in [6.07, 6.45) is 4.39. The third kappa shape index (κ3) is 6.00. The lowest BCUT2D eigenvalue weighted by Crippen LogP contribution is -2.34. The number of rotatable bonds is 8. The minimum absolute atomic E-state index is 0.0353. The minimum Gasteiger partial charge on any atom is -0.385 e. The van der Waals surface area contributed by atoms with Gasteiger partial charge < -0.3 is 10.1 Å². The largest absolute Gasteiger partial charge is 0.385 e. The van der Waals surface area contributed by atoms with Gasteiger partial charge in [0.2, 0.25) is 0 Å². The van der Waals surface area contributed by atoms with E-state index in [2.05, 4.69) is 18.3 Å². The highest BCUT2D eigenvalue weighted by atomic mass is 35.5. The molecule has 1 heterocycles. The van der Waals surface area contributed by atoms with Crippen LogP contribution in [0.2, 0.25) is 5.02 Å². The van der Waals surface area contributed by atoms with Gasteiger partial charge in [-0.05, 0) is 73.4 Å². The number of carbonyl (C=O) groups excluding carboxylic acids is 1. The number of aromatic nitrogens is 2. The molecule has 184 valence electrons. The maximum Gasteiger partial charge on any atom is 0.267 e. The molecule has 2 aromatic carbocycles. The van der Waals surface area contributed by atoms with Gasteiger partial charge in [-0.3, -0.25) is 9.59 Å². The fourth-order valence-electron chi connectivity index (χ4n) is 4.82. The number of carbonyl (C=O) groups is 1. The van der Waals surface area contributed by atoms with Gasteiger partial charge >= 0.3 is 0 Å². The molecule has 35 heavy (non-hydrogen) atoms. The third-order valence-corrected chi connectivity index (χ3v) is 7.22. The third-order valence-electron chi connectivity index (χ3n) is 6.98. The second-order valence-corrected chi connectivity index (χ2v) is 9.92. The molecule has 1 saturated carbocycles. The van der Waals surface area contributed by atoms with Crippen molar-refractivity contribution in [1.82, 2.24) is 15.1 Å². The molecule has 1 N–H and O–H groups in total. The van der Waals surface area contributed by atoms with Crippen molar-refractivity contribution in [3.63, 3.8) is 0 Å². The lowest BCUT2D eigenvalue weighted by Gasteiger charge is -2.38. The monoisotopic (exact) mass is 493 g/mol. The van der Waals surface area contributed by atoms with Crippen molar-refractivity contribution in [2.24, 2.45) is 0 Å². The van der Waals surface area contributed by atoms with Crippen LogP contribution in [0, 0.1) is 0 Å². The number of ether oxygens (including phenoxy) is 1. The van der Waals surface area contributed by atoms with Crippen LogP contribution >= 0.6 is 11.6 Å². The highest BCUT2D eigenvalue weighted by molar-refractivity contribution is 6.30. The van der Waals surface area contributed by atoms with Crippen molar-refractivity contribution >= 4 is 17.5 Å². The zero-order valence-corrected chi connectivity index (χ0v) is 21.1. The molecule has 1 aliphatic carbocycles. The minimum atomic E-state index is -0.135. The smallest absolute Gasteiger partial charge is 0.267 e. The van der Waals surface area contributed by atoms with Crippen LogP contribution in [-0.4, -0.2) is 35.9 Å². The Kier molecular flexibility index (Phi) is 8.04. The molecular formula is C28H32ClN3O3. The Bertz CT molecular complexity index is 1230. The molecule has 3 aromatic rings. The van der Waals surface area contributed by atoms with E-state index in [1.54, 1.807) is 30.0 Å². The van der Waals surface area contributed by atoms with Gasteiger partial charge in [0.15, 0.2) is 0 Å². The van der Waals surface area contributed by atoms with Crippen LogP contribution < -0.4 is 10.9 Å². The summed E-state index contributed by atoms with van der Waals surface area (Å²) in [6, 6.07) is 18.8. The summed E-state index contributed by atoms with van der Waals surface area (Å²) in [7, 11) is 1.64. The highest BCUT2D eigenvalue weighted by Gasteiger charge is 2.34. The van der Waals surface area contributed by atoms with Crippen LogP contribution in [-0.2, 0) is 10.2 Å². The van der Waals surface area contributed by atoms with Gasteiger partial charge in [0.05, 0.1) is 11.7 Å². The van der Waals surface area contributed by atoms with Crippen LogP contribution in [0.5, 0.6) is 0 Å². The number of benzene rings is 2. The summed E-state index contributed by atoms with van der Waals surface area (Å²) in [4.78, 5) is 25.3. The highest BCUT2D eigenvalue weighted by Crippen LogP contribution is 2.43. The first kappa shape index (κ1) is 25.1. The molecule has 0 aliphatic heterocycles. The maximum atomic E-state index is 12.7. The number of methoxy groups -OCH3 is 1. The van der Waals surface area contributed by atoms with E-state index in [9.17, 15) is 9.59 Å². The molecule has 1 fully saturated rings. The molecule has 0 bridgehead atoms.